The summed E-state index contributed by atoms with van der Waals surface area (Å²) in [4.78, 5) is 0. The van der Waals surface area contributed by atoms with Crippen LogP contribution in [-0.2, 0) is 0 Å². The van der Waals surface area contributed by atoms with Crippen LogP contribution in [0.4, 0.5) is 0 Å². The highest BCUT2D eigenvalue weighted by Crippen LogP contribution is 2.35. The molecular formula is C14H17Cl2NO. The molecule has 0 saturated heterocycles. The van der Waals surface area contributed by atoms with Gasteiger partial charge in [0.2, 0.25) is 0 Å². The molecule has 0 aliphatic rings. The SMILES string of the molecule is CCCC(NCC)c1cc2c(Cl)ccc(Cl)c2o1. The molecule has 2 aromatic rings. The van der Waals surface area contributed by atoms with Crippen molar-refractivity contribution in [2.24, 2.45) is 0 Å². The van der Waals surface area contributed by atoms with Crippen LogP contribution in [-0.4, -0.2) is 6.54 Å². The fourth-order valence-electron chi connectivity index (χ4n) is 2.13. The van der Waals surface area contributed by atoms with Gasteiger partial charge in [0, 0.05) is 5.39 Å². The Labute approximate surface area is 117 Å². The van der Waals surface area contributed by atoms with E-state index in [0.29, 0.717) is 15.6 Å². The number of nitrogens with one attached hydrogen (secondary N) is 1. The van der Waals surface area contributed by atoms with Gasteiger partial charge in [-0.3, -0.25) is 0 Å². The summed E-state index contributed by atoms with van der Waals surface area (Å²) in [6, 6.07) is 5.78. The van der Waals surface area contributed by atoms with Crippen LogP contribution >= 0.6 is 23.2 Å². The Bertz CT molecular complexity index is 491. The summed E-state index contributed by atoms with van der Waals surface area (Å²) < 4.78 is 5.87. The summed E-state index contributed by atoms with van der Waals surface area (Å²) in [6.07, 6.45) is 2.12. The zero-order chi connectivity index (χ0) is 13.1. The van der Waals surface area contributed by atoms with E-state index in [1.165, 1.54) is 0 Å². The minimum absolute atomic E-state index is 0.222. The average molecular weight is 286 g/mol. The molecule has 1 atom stereocenters. The maximum absolute atomic E-state index is 6.16. The first kappa shape index (κ1) is 13.7. The van der Waals surface area contributed by atoms with E-state index in [1.54, 1.807) is 12.1 Å². The molecule has 18 heavy (non-hydrogen) atoms. The second-order valence-electron chi connectivity index (χ2n) is 4.32. The Morgan fingerprint density at radius 3 is 2.56 bits per heavy atom. The zero-order valence-corrected chi connectivity index (χ0v) is 12.1. The standard InChI is InChI=1S/C14H17Cl2NO/c1-3-5-12(17-4-2)13-8-9-10(15)6-7-11(16)14(9)18-13/h6-8,12,17H,3-5H2,1-2H3. The smallest absolute Gasteiger partial charge is 0.154 e. The Kier molecular flexibility index (Phi) is 4.55. The average Bonchev–Trinajstić information content (AvgIpc) is 2.80. The first-order valence-electron chi connectivity index (χ1n) is 6.28. The van der Waals surface area contributed by atoms with Gasteiger partial charge < -0.3 is 9.73 Å². The topological polar surface area (TPSA) is 25.2 Å². The van der Waals surface area contributed by atoms with Crippen molar-refractivity contribution < 1.29 is 4.42 Å². The van der Waals surface area contributed by atoms with Crippen LogP contribution in [0.25, 0.3) is 11.0 Å². The van der Waals surface area contributed by atoms with Crippen molar-refractivity contribution in [1.29, 1.82) is 0 Å². The van der Waals surface area contributed by atoms with Crippen molar-refractivity contribution in [3.8, 4) is 0 Å². The van der Waals surface area contributed by atoms with Crippen LogP contribution in [0.15, 0.2) is 22.6 Å². The zero-order valence-electron chi connectivity index (χ0n) is 10.6. The highest BCUT2D eigenvalue weighted by molar-refractivity contribution is 6.39. The number of benzene rings is 1. The van der Waals surface area contributed by atoms with Gasteiger partial charge in [0.15, 0.2) is 5.58 Å². The normalized spacial score (nSPS) is 13.1. The van der Waals surface area contributed by atoms with Crippen LogP contribution in [0.3, 0.4) is 0 Å². The van der Waals surface area contributed by atoms with Gasteiger partial charge >= 0.3 is 0 Å². The second kappa shape index (κ2) is 5.96. The van der Waals surface area contributed by atoms with Crippen molar-refractivity contribution in [2.75, 3.05) is 6.54 Å². The van der Waals surface area contributed by atoms with Gasteiger partial charge in [0.1, 0.15) is 5.76 Å². The predicted molar refractivity (Wildman–Crippen MR) is 77.6 cm³/mol. The number of hydrogen-bond donors (Lipinski definition) is 1. The van der Waals surface area contributed by atoms with Gasteiger partial charge in [-0.25, -0.2) is 0 Å². The molecule has 0 aliphatic carbocycles. The molecular weight excluding hydrogens is 269 g/mol. The van der Waals surface area contributed by atoms with E-state index in [2.05, 4.69) is 19.2 Å². The van der Waals surface area contributed by atoms with Crippen molar-refractivity contribution >= 4 is 34.2 Å². The maximum atomic E-state index is 6.16. The molecule has 1 heterocycles. The summed E-state index contributed by atoms with van der Waals surface area (Å²) in [5.74, 6) is 0.906. The van der Waals surface area contributed by atoms with Gasteiger partial charge in [-0.05, 0) is 31.2 Å². The van der Waals surface area contributed by atoms with Crippen molar-refractivity contribution in [3.05, 3.63) is 34.0 Å². The minimum atomic E-state index is 0.222. The molecule has 2 nitrogen and oxygen atoms in total. The van der Waals surface area contributed by atoms with Gasteiger partial charge in [-0.15, -0.1) is 0 Å². The Morgan fingerprint density at radius 1 is 1.22 bits per heavy atom. The van der Waals surface area contributed by atoms with Gasteiger partial charge in [-0.1, -0.05) is 43.5 Å². The lowest BCUT2D eigenvalue weighted by molar-refractivity contribution is 0.414. The highest BCUT2D eigenvalue weighted by Gasteiger charge is 2.17. The molecule has 0 fully saturated rings. The number of halogens is 2. The molecule has 98 valence electrons. The van der Waals surface area contributed by atoms with E-state index in [-0.39, 0.29) is 6.04 Å². The molecule has 4 heteroatoms. The molecule has 1 aromatic heterocycles. The third kappa shape index (κ3) is 2.66. The maximum Gasteiger partial charge on any atom is 0.154 e. The number of rotatable bonds is 5. The molecule has 0 amide bonds. The lowest BCUT2D eigenvalue weighted by Crippen LogP contribution is -2.20. The minimum Gasteiger partial charge on any atom is -0.458 e. The third-order valence-electron chi connectivity index (χ3n) is 2.97. The fourth-order valence-corrected chi connectivity index (χ4v) is 2.54. The Balaban J connectivity index is 2.44. The van der Waals surface area contributed by atoms with Crippen LogP contribution in [0.2, 0.25) is 10.0 Å². The van der Waals surface area contributed by atoms with Crippen molar-refractivity contribution in [1.82, 2.24) is 5.32 Å². The van der Waals surface area contributed by atoms with E-state index >= 15 is 0 Å². The lowest BCUT2D eigenvalue weighted by atomic mass is 10.1. The van der Waals surface area contributed by atoms with E-state index in [4.69, 9.17) is 27.6 Å². The second-order valence-corrected chi connectivity index (χ2v) is 5.13. The molecule has 0 radical (unpaired) electrons. The van der Waals surface area contributed by atoms with E-state index in [1.807, 2.05) is 6.07 Å². The molecule has 0 bridgehead atoms. The molecule has 1 aromatic carbocycles. The van der Waals surface area contributed by atoms with Crippen molar-refractivity contribution in [3.63, 3.8) is 0 Å². The van der Waals surface area contributed by atoms with E-state index in [9.17, 15) is 0 Å². The Hall–Kier alpha value is -0.700. The third-order valence-corrected chi connectivity index (χ3v) is 3.60. The Morgan fingerprint density at radius 2 is 1.94 bits per heavy atom. The quantitative estimate of drug-likeness (QED) is 0.818. The first-order chi connectivity index (χ1) is 8.67. The summed E-state index contributed by atoms with van der Waals surface area (Å²) >= 11 is 12.3. The molecule has 1 unspecified atom stereocenters. The largest absolute Gasteiger partial charge is 0.458 e. The molecule has 1 N–H and O–H groups in total. The summed E-state index contributed by atoms with van der Waals surface area (Å²) in [5, 5.41) is 5.59. The van der Waals surface area contributed by atoms with Gasteiger partial charge in [-0.2, -0.15) is 0 Å². The van der Waals surface area contributed by atoms with Gasteiger partial charge in [0.25, 0.3) is 0 Å². The molecule has 2 rings (SSSR count). The van der Waals surface area contributed by atoms with Crippen LogP contribution in [0.5, 0.6) is 0 Å². The summed E-state index contributed by atoms with van der Waals surface area (Å²) in [5.41, 5.74) is 0.679. The van der Waals surface area contributed by atoms with E-state index < -0.39 is 0 Å². The highest BCUT2D eigenvalue weighted by atomic mass is 35.5. The summed E-state index contributed by atoms with van der Waals surface area (Å²) in [7, 11) is 0. The predicted octanol–water partition coefficient (Wildman–Crippen LogP) is 5.19. The van der Waals surface area contributed by atoms with Crippen LogP contribution < -0.4 is 5.32 Å². The number of hydrogen-bond acceptors (Lipinski definition) is 2. The van der Waals surface area contributed by atoms with Crippen LogP contribution in [0.1, 0.15) is 38.5 Å². The molecule has 0 saturated carbocycles. The monoisotopic (exact) mass is 285 g/mol. The molecule has 0 spiro atoms. The van der Waals surface area contributed by atoms with Crippen molar-refractivity contribution in [2.45, 2.75) is 32.7 Å². The first-order valence-corrected chi connectivity index (χ1v) is 7.03. The fraction of sp³-hybridized carbons (Fsp3) is 0.429. The number of fused-ring (bicyclic) bond motifs is 1. The molecule has 0 aliphatic heterocycles. The summed E-state index contributed by atoms with van der Waals surface area (Å²) in [6.45, 7) is 5.15. The van der Waals surface area contributed by atoms with E-state index in [0.717, 1.165) is 30.5 Å². The number of furan rings is 1. The van der Waals surface area contributed by atoms with Gasteiger partial charge in [0.05, 0.1) is 16.1 Å². The van der Waals surface area contributed by atoms with Crippen LogP contribution in [0, 0.1) is 0 Å². The lowest BCUT2D eigenvalue weighted by Gasteiger charge is -2.13.